The molecule has 0 N–H and O–H groups in total. The largest absolute Gasteiger partial charge is 0.224 e. The molecular formula is C14H12F2O2S2. The second-order valence-electron chi connectivity index (χ2n) is 4.06. The van der Waals surface area contributed by atoms with Gasteiger partial charge in [0.05, 0.1) is 10.6 Å². The molecule has 0 heterocycles. The summed E-state index contributed by atoms with van der Waals surface area (Å²) in [5.41, 5.74) is 0. The van der Waals surface area contributed by atoms with Crippen molar-refractivity contribution in [2.24, 2.45) is 0 Å². The zero-order valence-electron chi connectivity index (χ0n) is 10.4. The van der Waals surface area contributed by atoms with Crippen LogP contribution in [-0.4, -0.2) is 19.9 Å². The summed E-state index contributed by atoms with van der Waals surface area (Å²) in [7, 11) is -3.37. The van der Waals surface area contributed by atoms with Gasteiger partial charge in [-0.3, -0.25) is 0 Å². The Morgan fingerprint density at radius 1 is 1.00 bits per heavy atom. The molecule has 2 nitrogen and oxygen atoms in total. The van der Waals surface area contributed by atoms with E-state index < -0.39 is 21.5 Å². The van der Waals surface area contributed by atoms with Crippen molar-refractivity contribution in [1.82, 2.24) is 0 Å². The minimum absolute atomic E-state index is 0.0987. The molecule has 106 valence electrons. The molecule has 0 bridgehead atoms. The summed E-state index contributed by atoms with van der Waals surface area (Å²) < 4.78 is 50.1. The first-order chi connectivity index (χ1) is 9.49. The third kappa shape index (κ3) is 3.80. The minimum Gasteiger partial charge on any atom is -0.224 e. The van der Waals surface area contributed by atoms with E-state index in [4.69, 9.17) is 0 Å². The van der Waals surface area contributed by atoms with Crippen molar-refractivity contribution in [3.63, 3.8) is 0 Å². The summed E-state index contributed by atoms with van der Waals surface area (Å²) in [4.78, 5) is 0.495. The topological polar surface area (TPSA) is 34.1 Å². The van der Waals surface area contributed by atoms with Crippen molar-refractivity contribution < 1.29 is 17.2 Å². The number of rotatable bonds is 5. The van der Waals surface area contributed by atoms with E-state index in [0.717, 1.165) is 23.9 Å². The molecule has 0 aliphatic carbocycles. The predicted molar refractivity (Wildman–Crippen MR) is 75.6 cm³/mol. The molecule has 0 aliphatic rings. The van der Waals surface area contributed by atoms with Crippen molar-refractivity contribution in [2.75, 3.05) is 11.5 Å². The van der Waals surface area contributed by atoms with Crippen LogP contribution in [-0.2, 0) is 9.84 Å². The van der Waals surface area contributed by atoms with E-state index in [1.807, 2.05) is 0 Å². The molecule has 0 spiro atoms. The fourth-order valence-corrected chi connectivity index (χ4v) is 4.20. The van der Waals surface area contributed by atoms with Gasteiger partial charge in [-0.05, 0) is 24.3 Å². The van der Waals surface area contributed by atoms with Crippen LogP contribution in [0, 0.1) is 11.6 Å². The van der Waals surface area contributed by atoms with Gasteiger partial charge in [-0.2, -0.15) is 0 Å². The highest BCUT2D eigenvalue weighted by Gasteiger charge is 2.14. The summed E-state index contributed by atoms with van der Waals surface area (Å²) >= 11 is 1.06. The molecule has 0 radical (unpaired) electrons. The molecule has 0 atom stereocenters. The van der Waals surface area contributed by atoms with Crippen molar-refractivity contribution in [3.05, 3.63) is 60.2 Å². The van der Waals surface area contributed by atoms with Gasteiger partial charge < -0.3 is 0 Å². The Morgan fingerprint density at radius 3 is 2.35 bits per heavy atom. The van der Waals surface area contributed by atoms with Gasteiger partial charge in [0.25, 0.3) is 0 Å². The Balaban J connectivity index is 1.99. The van der Waals surface area contributed by atoms with Crippen LogP contribution in [0.3, 0.4) is 0 Å². The quantitative estimate of drug-likeness (QED) is 0.792. The van der Waals surface area contributed by atoms with Crippen molar-refractivity contribution in [1.29, 1.82) is 0 Å². The third-order valence-electron chi connectivity index (χ3n) is 2.61. The molecule has 0 aliphatic heterocycles. The van der Waals surface area contributed by atoms with Gasteiger partial charge in [0.2, 0.25) is 0 Å². The van der Waals surface area contributed by atoms with E-state index in [-0.39, 0.29) is 21.3 Å². The number of halogens is 2. The molecule has 0 unspecified atom stereocenters. The van der Waals surface area contributed by atoms with E-state index >= 15 is 0 Å². The number of thioether (sulfide) groups is 1. The second kappa shape index (κ2) is 6.37. The van der Waals surface area contributed by atoms with E-state index in [9.17, 15) is 17.2 Å². The van der Waals surface area contributed by atoms with Crippen molar-refractivity contribution in [2.45, 2.75) is 9.79 Å². The highest BCUT2D eigenvalue weighted by molar-refractivity contribution is 8.00. The fraction of sp³-hybridized carbons (Fsp3) is 0.143. The van der Waals surface area contributed by atoms with Crippen LogP contribution < -0.4 is 0 Å². The Labute approximate surface area is 120 Å². The number of hydrogen-bond acceptors (Lipinski definition) is 3. The Bertz CT molecular complexity index is 686. The number of sulfone groups is 1. The summed E-state index contributed by atoms with van der Waals surface area (Å²) in [5, 5.41) is 0. The van der Waals surface area contributed by atoms with Crippen LogP contribution in [0.15, 0.2) is 58.3 Å². The van der Waals surface area contributed by atoms with Crippen LogP contribution in [0.25, 0.3) is 0 Å². The first-order valence-corrected chi connectivity index (χ1v) is 8.48. The monoisotopic (exact) mass is 314 g/mol. The molecule has 2 aromatic rings. The van der Waals surface area contributed by atoms with Gasteiger partial charge >= 0.3 is 0 Å². The van der Waals surface area contributed by atoms with Crippen LogP contribution >= 0.6 is 11.8 Å². The summed E-state index contributed by atoms with van der Waals surface area (Å²) in [5.74, 6) is -1.21. The lowest BCUT2D eigenvalue weighted by Crippen LogP contribution is -2.08. The molecule has 0 fully saturated rings. The second-order valence-corrected chi connectivity index (χ2v) is 7.30. The number of benzene rings is 2. The van der Waals surface area contributed by atoms with Crippen LogP contribution in [0.2, 0.25) is 0 Å². The smallest absolute Gasteiger partial charge is 0.179 e. The maximum atomic E-state index is 13.4. The van der Waals surface area contributed by atoms with Crippen molar-refractivity contribution in [3.8, 4) is 0 Å². The highest BCUT2D eigenvalue weighted by atomic mass is 32.2. The first kappa shape index (κ1) is 15.0. The summed E-state index contributed by atoms with van der Waals surface area (Å²) in [6.07, 6.45) is 0. The maximum Gasteiger partial charge on any atom is 0.179 e. The molecule has 0 aromatic heterocycles. The van der Waals surface area contributed by atoms with Gasteiger partial charge in [0, 0.05) is 16.7 Å². The van der Waals surface area contributed by atoms with Crippen LogP contribution in [0.5, 0.6) is 0 Å². The molecular weight excluding hydrogens is 302 g/mol. The first-order valence-electron chi connectivity index (χ1n) is 5.85. The maximum absolute atomic E-state index is 13.4. The molecule has 20 heavy (non-hydrogen) atoms. The standard InChI is InChI=1S/C14H12F2O2S2/c15-11-6-7-14(13(16)10-11)19-8-9-20(17,18)12-4-2-1-3-5-12/h1-7,10H,8-9H2. The highest BCUT2D eigenvalue weighted by Crippen LogP contribution is 2.23. The lowest BCUT2D eigenvalue weighted by atomic mass is 10.3. The Morgan fingerprint density at radius 2 is 1.70 bits per heavy atom. The predicted octanol–water partition coefficient (Wildman–Crippen LogP) is 3.53. The van der Waals surface area contributed by atoms with E-state index in [0.29, 0.717) is 0 Å². The average Bonchev–Trinajstić information content (AvgIpc) is 2.42. The van der Waals surface area contributed by atoms with Crippen LogP contribution in [0.1, 0.15) is 0 Å². The Hall–Kier alpha value is -1.40. The van der Waals surface area contributed by atoms with Gasteiger partial charge in [-0.15, -0.1) is 11.8 Å². The Kier molecular flexibility index (Phi) is 4.77. The molecule has 0 amide bonds. The lowest BCUT2D eigenvalue weighted by molar-refractivity contribution is 0.565. The van der Waals surface area contributed by atoms with E-state index in [2.05, 4.69) is 0 Å². The SMILES string of the molecule is O=S(=O)(CCSc1ccc(F)cc1F)c1ccccc1. The van der Waals surface area contributed by atoms with Crippen LogP contribution in [0.4, 0.5) is 8.78 Å². The lowest BCUT2D eigenvalue weighted by Gasteiger charge is -2.05. The summed E-state index contributed by atoms with van der Waals surface area (Å²) in [6.45, 7) is 0. The third-order valence-corrected chi connectivity index (χ3v) is 5.65. The zero-order valence-corrected chi connectivity index (χ0v) is 12.1. The van der Waals surface area contributed by atoms with Gasteiger partial charge in [0.15, 0.2) is 9.84 Å². The molecule has 0 saturated heterocycles. The molecule has 0 saturated carbocycles. The summed E-state index contributed by atoms with van der Waals surface area (Å²) in [6, 6.07) is 11.3. The van der Waals surface area contributed by atoms with Crippen molar-refractivity contribution >= 4 is 21.6 Å². The zero-order chi connectivity index (χ0) is 14.6. The van der Waals surface area contributed by atoms with E-state index in [1.165, 1.54) is 18.2 Å². The van der Waals surface area contributed by atoms with Gasteiger partial charge in [-0.1, -0.05) is 18.2 Å². The average molecular weight is 314 g/mol. The number of hydrogen-bond donors (Lipinski definition) is 0. The molecule has 6 heteroatoms. The fourth-order valence-electron chi connectivity index (χ4n) is 1.60. The minimum atomic E-state index is -3.37. The van der Waals surface area contributed by atoms with E-state index in [1.54, 1.807) is 18.2 Å². The molecule has 2 aromatic carbocycles. The van der Waals surface area contributed by atoms with Gasteiger partial charge in [-0.25, -0.2) is 17.2 Å². The molecule has 2 rings (SSSR count). The normalized spacial score (nSPS) is 11.5. The van der Waals surface area contributed by atoms with Gasteiger partial charge in [0.1, 0.15) is 11.6 Å².